The van der Waals surface area contributed by atoms with E-state index in [1.165, 1.54) is 12.1 Å². The molecule has 1 N–H and O–H groups in total. The Hall–Kier alpha value is -2.03. The third-order valence-corrected chi connectivity index (χ3v) is 3.79. The van der Waals surface area contributed by atoms with E-state index in [1.54, 1.807) is 18.5 Å². The van der Waals surface area contributed by atoms with Crippen LogP contribution in [0.25, 0.3) is 0 Å². The molecule has 0 aliphatic carbocycles. The van der Waals surface area contributed by atoms with Gasteiger partial charge in [-0.1, -0.05) is 0 Å². The smallest absolute Gasteiger partial charge is 0.270 e. The second-order valence-corrected chi connectivity index (χ2v) is 5.44. The van der Waals surface area contributed by atoms with Gasteiger partial charge in [-0.3, -0.25) is 19.9 Å². The number of non-ortho nitro benzene ring substituents is 1. The number of rotatable bonds is 5. The molecule has 0 atom stereocenters. The second-order valence-electron chi connectivity index (χ2n) is 4.28. The number of nitro benzene ring substituents is 1. The van der Waals surface area contributed by atoms with Gasteiger partial charge in [0.15, 0.2) is 0 Å². The molecule has 1 amide bonds. The second kappa shape index (κ2) is 7.11. The maximum Gasteiger partial charge on any atom is 0.270 e. The first-order valence-corrected chi connectivity index (χ1v) is 7.27. The number of amides is 1. The minimum absolute atomic E-state index is 0.0882. The first kappa shape index (κ1) is 15.4. The number of benzene rings is 1. The van der Waals surface area contributed by atoms with Crippen LogP contribution in [0, 0.1) is 13.7 Å². The average molecular weight is 397 g/mol. The number of carbonyl (C=O) groups excluding carboxylic acids is 1. The van der Waals surface area contributed by atoms with Crippen molar-refractivity contribution in [2.45, 2.75) is 6.42 Å². The van der Waals surface area contributed by atoms with E-state index in [0.717, 1.165) is 5.56 Å². The standard InChI is InChI=1S/C14H12IN3O3/c15-13-2-1-11(18(20)21)9-12(13)14(19)17-8-5-10-3-6-16-7-4-10/h1-4,6-7,9H,5,8H2,(H,17,19). The molecule has 6 nitrogen and oxygen atoms in total. The fourth-order valence-corrected chi connectivity index (χ4v) is 2.35. The molecule has 1 aromatic heterocycles. The molecule has 0 saturated carbocycles. The topological polar surface area (TPSA) is 85.1 Å². The lowest BCUT2D eigenvalue weighted by Gasteiger charge is -2.07. The van der Waals surface area contributed by atoms with Crippen LogP contribution >= 0.6 is 22.6 Å². The van der Waals surface area contributed by atoms with Crippen molar-refractivity contribution >= 4 is 34.2 Å². The number of nitro groups is 1. The Morgan fingerprint density at radius 3 is 2.67 bits per heavy atom. The summed E-state index contributed by atoms with van der Waals surface area (Å²) in [5, 5.41) is 13.5. The lowest BCUT2D eigenvalue weighted by molar-refractivity contribution is -0.384. The largest absolute Gasteiger partial charge is 0.352 e. The third kappa shape index (κ3) is 4.22. The summed E-state index contributed by atoms with van der Waals surface area (Å²) in [4.78, 5) is 26.2. The van der Waals surface area contributed by atoms with Crippen LogP contribution in [0.2, 0.25) is 0 Å². The molecule has 0 saturated heterocycles. The highest BCUT2D eigenvalue weighted by Gasteiger charge is 2.15. The van der Waals surface area contributed by atoms with E-state index in [1.807, 2.05) is 34.7 Å². The van der Waals surface area contributed by atoms with Crippen molar-refractivity contribution in [3.05, 3.63) is 67.5 Å². The molecular formula is C14H12IN3O3. The summed E-state index contributed by atoms with van der Waals surface area (Å²) in [6, 6.07) is 8.00. The molecule has 21 heavy (non-hydrogen) atoms. The van der Waals surface area contributed by atoms with Crippen molar-refractivity contribution in [3.8, 4) is 0 Å². The Morgan fingerprint density at radius 1 is 1.29 bits per heavy atom. The van der Waals surface area contributed by atoms with Crippen LogP contribution in [0.4, 0.5) is 5.69 Å². The fraction of sp³-hybridized carbons (Fsp3) is 0.143. The molecule has 2 aromatic rings. The molecule has 0 radical (unpaired) electrons. The third-order valence-electron chi connectivity index (χ3n) is 2.85. The molecule has 0 bridgehead atoms. The van der Waals surface area contributed by atoms with Crippen molar-refractivity contribution in [2.75, 3.05) is 6.54 Å². The molecule has 0 spiro atoms. The Balaban J connectivity index is 2.00. The first-order chi connectivity index (χ1) is 10.1. The van der Waals surface area contributed by atoms with Gasteiger partial charge in [0.2, 0.25) is 0 Å². The van der Waals surface area contributed by atoms with Crippen LogP contribution in [0.15, 0.2) is 42.7 Å². The summed E-state index contributed by atoms with van der Waals surface area (Å²) in [5.41, 5.74) is 1.30. The van der Waals surface area contributed by atoms with E-state index in [0.29, 0.717) is 22.1 Å². The van der Waals surface area contributed by atoms with E-state index in [2.05, 4.69) is 10.3 Å². The van der Waals surface area contributed by atoms with E-state index < -0.39 is 4.92 Å². The predicted molar refractivity (Wildman–Crippen MR) is 86.1 cm³/mol. The Morgan fingerprint density at radius 2 is 2.00 bits per heavy atom. The van der Waals surface area contributed by atoms with Gasteiger partial charge in [-0.15, -0.1) is 0 Å². The Kier molecular flexibility index (Phi) is 5.20. The molecule has 1 heterocycles. The van der Waals surface area contributed by atoms with Gasteiger partial charge in [-0.05, 0) is 52.8 Å². The SMILES string of the molecule is O=C(NCCc1ccncc1)c1cc([N+](=O)[O-])ccc1I. The lowest BCUT2D eigenvalue weighted by Crippen LogP contribution is -2.26. The maximum absolute atomic E-state index is 12.1. The van der Waals surface area contributed by atoms with Crippen molar-refractivity contribution in [1.29, 1.82) is 0 Å². The van der Waals surface area contributed by atoms with Gasteiger partial charge in [0.1, 0.15) is 0 Å². The molecule has 0 fully saturated rings. The van der Waals surface area contributed by atoms with Gasteiger partial charge in [-0.2, -0.15) is 0 Å². The summed E-state index contributed by atoms with van der Waals surface area (Å²) < 4.78 is 0.680. The molecule has 0 unspecified atom stereocenters. The highest BCUT2D eigenvalue weighted by molar-refractivity contribution is 14.1. The molecule has 2 rings (SSSR count). The van der Waals surface area contributed by atoms with Gasteiger partial charge >= 0.3 is 0 Å². The molecule has 7 heteroatoms. The zero-order valence-electron chi connectivity index (χ0n) is 11.0. The predicted octanol–water partition coefficient (Wildman–Crippen LogP) is 2.57. The highest BCUT2D eigenvalue weighted by atomic mass is 127. The zero-order valence-corrected chi connectivity index (χ0v) is 13.1. The Labute approximate surface area is 134 Å². The van der Waals surface area contributed by atoms with Crippen LogP contribution in [0.5, 0.6) is 0 Å². The number of aromatic nitrogens is 1. The Bertz CT molecular complexity index is 662. The number of nitrogens with one attached hydrogen (secondary N) is 1. The fourth-order valence-electron chi connectivity index (χ4n) is 1.77. The van der Waals surface area contributed by atoms with Gasteiger partial charge in [0.05, 0.1) is 10.5 Å². The number of hydrogen-bond acceptors (Lipinski definition) is 4. The number of halogens is 1. The van der Waals surface area contributed by atoms with E-state index in [-0.39, 0.29) is 11.6 Å². The quantitative estimate of drug-likeness (QED) is 0.478. The first-order valence-electron chi connectivity index (χ1n) is 6.19. The summed E-state index contributed by atoms with van der Waals surface area (Å²) in [7, 11) is 0. The van der Waals surface area contributed by atoms with Crippen LogP contribution < -0.4 is 5.32 Å². The van der Waals surface area contributed by atoms with Crippen molar-refractivity contribution in [1.82, 2.24) is 10.3 Å². The lowest BCUT2D eigenvalue weighted by atomic mass is 10.1. The normalized spacial score (nSPS) is 10.1. The van der Waals surface area contributed by atoms with Gasteiger partial charge < -0.3 is 5.32 Å². The summed E-state index contributed by atoms with van der Waals surface area (Å²) >= 11 is 1.99. The number of nitrogens with zero attached hydrogens (tertiary/aromatic N) is 2. The monoisotopic (exact) mass is 397 g/mol. The van der Waals surface area contributed by atoms with Crippen LogP contribution in [-0.2, 0) is 6.42 Å². The summed E-state index contributed by atoms with van der Waals surface area (Å²) in [5.74, 6) is -0.308. The van der Waals surface area contributed by atoms with Crippen LogP contribution in [-0.4, -0.2) is 22.4 Å². The van der Waals surface area contributed by atoms with Gasteiger partial charge in [0.25, 0.3) is 11.6 Å². The zero-order chi connectivity index (χ0) is 15.2. The van der Waals surface area contributed by atoms with E-state index in [9.17, 15) is 14.9 Å². The van der Waals surface area contributed by atoms with Crippen LogP contribution in [0.1, 0.15) is 15.9 Å². The minimum atomic E-state index is -0.510. The maximum atomic E-state index is 12.1. The molecule has 0 aliphatic heterocycles. The van der Waals surface area contributed by atoms with E-state index in [4.69, 9.17) is 0 Å². The summed E-state index contributed by atoms with van der Waals surface area (Å²) in [6.07, 6.45) is 4.07. The molecule has 1 aromatic carbocycles. The van der Waals surface area contributed by atoms with Gasteiger partial charge in [0, 0.05) is 34.6 Å². The highest BCUT2D eigenvalue weighted by Crippen LogP contribution is 2.19. The molecule has 0 aliphatic rings. The van der Waals surface area contributed by atoms with Crippen molar-refractivity contribution in [2.24, 2.45) is 0 Å². The average Bonchev–Trinajstić information content (AvgIpc) is 2.48. The van der Waals surface area contributed by atoms with Crippen molar-refractivity contribution in [3.63, 3.8) is 0 Å². The molecular weight excluding hydrogens is 385 g/mol. The van der Waals surface area contributed by atoms with Crippen LogP contribution in [0.3, 0.4) is 0 Å². The van der Waals surface area contributed by atoms with E-state index >= 15 is 0 Å². The minimum Gasteiger partial charge on any atom is -0.352 e. The summed E-state index contributed by atoms with van der Waals surface area (Å²) in [6.45, 7) is 0.460. The number of pyridine rings is 1. The van der Waals surface area contributed by atoms with Gasteiger partial charge in [-0.25, -0.2) is 0 Å². The number of carbonyl (C=O) groups is 1. The molecule has 108 valence electrons. The number of hydrogen-bond donors (Lipinski definition) is 1. The van der Waals surface area contributed by atoms with Crippen molar-refractivity contribution < 1.29 is 9.72 Å².